The molecule has 21 heavy (non-hydrogen) atoms. The molecule has 1 amide bonds. The van der Waals surface area contributed by atoms with Gasteiger partial charge in [0.2, 0.25) is 5.91 Å². The summed E-state index contributed by atoms with van der Waals surface area (Å²) < 4.78 is 2.08. The number of benzene rings is 2. The van der Waals surface area contributed by atoms with E-state index in [9.17, 15) is 4.79 Å². The molecule has 1 aliphatic rings. The van der Waals surface area contributed by atoms with Crippen LogP contribution < -0.4 is 5.32 Å². The van der Waals surface area contributed by atoms with Crippen LogP contribution in [0.25, 0.3) is 16.8 Å². The summed E-state index contributed by atoms with van der Waals surface area (Å²) in [6, 6.07) is 18.6. The van der Waals surface area contributed by atoms with Gasteiger partial charge in [-0.3, -0.25) is 4.79 Å². The van der Waals surface area contributed by atoms with Crippen LogP contribution in [-0.4, -0.2) is 10.5 Å². The fraction of sp³-hybridized carbons (Fsp3) is 0.0556. The van der Waals surface area contributed by atoms with E-state index in [1.165, 1.54) is 0 Å². The Morgan fingerprint density at radius 2 is 1.62 bits per heavy atom. The number of nitrogens with one attached hydrogen (secondary N) is 1. The fourth-order valence-corrected chi connectivity index (χ4v) is 2.74. The lowest BCUT2D eigenvalue weighted by atomic mass is 10.0. The summed E-state index contributed by atoms with van der Waals surface area (Å²) in [4.78, 5) is 11.4. The Hall–Kier alpha value is -2.81. The Labute approximate surface area is 122 Å². The first-order valence-electron chi connectivity index (χ1n) is 6.96. The molecule has 1 aromatic heterocycles. The Morgan fingerprint density at radius 1 is 0.905 bits per heavy atom. The van der Waals surface area contributed by atoms with E-state index in [0.29, 0.717) is 6.42 Å². The van der Waals surface area contributed by atoms with Gasteiger partial charge in [0.1, 0.15) is 0 Å². The lowest BCUT2D eigenvalue weighted by molar-refractivity contribution is -0.115. The molecule has 0 unspecified atom stereocenters. The van der Waals surface area contributed by atoms with Gasteiger partial charge in [-0.05, 0) is 53.1 Å². The van der Waals surface area contributed by atoms with Crippen LogP contribution in [-0.2, 0) is 11.2 Å². The third-order valence-electron chi connectivity index (χ3n) is 3.83. The Balaban J connectivity index is 1.68. The van der Waals surface area contributed by atoms with Crippen molar-refractivity contribution in [3.05, 3.63) is 72.6 Å². The highest BCUT2D eigenvalue weighted by Gasteiger charge is 2.17. The number of anilines is 1. The van der Waals surface area contributed by atoms with E-state index >= 15 is 0 Å². The summed E-state index contributed by atoms with van der Waals surface area (Å²) in [6.45, 7) is 0. The maximum atomic E-state index is 11.4. The molecule has 3 nitrogen and oxygen atoms in total. The van der Waals surface area contributed by atoms with Gasteiger partial charge in [0, 0.05) is 23.8 Å². The fourth-order valence-electron chi connectivity index (χ4n) is 2.74. The van der Waals surface area contributed by atoms with E-state index in [-0.39, 0.29) is 5.91 Å². The van der Waals surface area contributed by atoms with Gasteiger partial charge in [-0.15, -0.1) is 0 Å². The van der Waals surface area contributed by atoms with Gasteiger partial charge in [0.15, 0.2) is 0 Å². The van der Waals surface area contributed by atoms with Crippen LogP contribution in [0.3, 0.4) is 0 Å². The van der Waals surface area contributed by atoms with Crippen LogP contribution in [0.4, 0.5) is 5.69 Å². The normalized spacial score (nSPS) is 13.0. The van der Waals surface area contributed by atoms with Crippen molar-refractivity contribution >= 4 is 11.6 Å². The number of carbonyl (C=O) groups is 1. The minimum Gasteiger partial charge on any atom is -0.326 e. The summed E-state index contributed by atoms with van der Waals surface area (Å²) in [7, 11) is 0. The molecule has 2 aromatic carbocycles. The topological polar surface area (TPSA) is 34.0 Å². The Kier molecular flexibility index (Phi) is 2.64. The molecule has 3 aromatic rings. The lowest BCUT2D eigenvalue weighted by Crippen LogP contribution is -2.03. The molecular formula is C18H14N2O. The highest BCUT2D eigenvalue weighted by molar-refractivity contribution is 5.99. The summed E-state index contributed by atoms with van der Waals surface area (Å²) >= 11 is 0. The summed E-state index contributed by atoms with van der Waals surface area (Å²) in [6.07, 6.45) is 4.54. The van der Waals surface area contributed by atoms with E-state index in [1.54, 1.807) is 0 Å². The Bertz CT molecular complexity index is 802. The van der Waals surface area contributed by atoms with Crippen LogP contribution in [0.1, 0.15) is 5.56 Å². The number of nitrogens with zero attached hydrogens (tertiary/aromatic N) is 1. The number of hydrogen-bond acceptors (Lipinski definition) is 1. The lowest BCUT2D eigenvalue weighted by Gasteiger charge is -2.07. The van der Waals surface area contributed by atoms with Gasteiger partial charge < -0.3 is 9.88 Å². The smallest absolute Gasteiger partial charge is 0.228 e. The zero-order chi connectivity index (χ0) is 14.2. The molecule has 0 fully saturated rings. The first kappa shape index (κ1) is 12.0. The van der Waals surface area contributed by atoms with E-state index in [2.05, 4.69) is 46.3 Å². The van der Waals surface area contributed by atoms with Crippen molar-refractivity contribution in [2.75, 3.05) is 5.32 Å². The second-order valence-electron chi connectivity index (χ2n) is 5.23. The maximum Gasteiger partial charge on any atom is 0.228 e. The number of rotatable bonds is 2. The molecule has 1 N–H and O–H groups in total. The van der Waals surface area contributed by atoms with Crippen LogP contribution in [0.2, 0.25) is 0 Å². The van der Waals surface area contributed by atoms with Gasteiger partial charge in [0.25, 0.3) is 0 Å². The predicted molar refractivity (Wildman–Crippen MR) is 83.5 cm³/mol. The zero-order valence-corrected chi connectivity index (χ0v) is 11.4. The average Bonchev–Trinajstić information content (AvgIpc) is 3.15. The second-order valence-corrected chi connectivity index (χ2v) is 5.23. The highest BCUT2D eigenvalue weighted by Crippen LogP contribution is 2.29. The van der Waals surface area contributed by atoms with E-state index in [0.717, 1.165) is 28.1 Å². The number of carbonyl (C=O) groups excluding carboxylic acids is 1. The maximum absolute atomic E-state index is 11.4. The number of hydrogen-bond donors (Lipinski definition) is 1. The van der Waals surface area contributed by atoms with E-state index < -0.39 is 0 Å². The molecule has 0 bridgehead atoms. The first-order valence-corrected chi connectivity index (χ1v) is 6.96. The minimum absolute atomic E-state index is 0.0742. The second kappa shape index (κ2) is 4.63. The summed E-state index contributed by atoms with van der Waals surface area (Å²) in [5, 5.41) is 2.86. The third kappa shape index (κ3) is 2.13. The summed E-state index contributed by atoms with van der Waals surface area (Å²) in [5.41, 5.74) is 5.46. The van der Waals surface area contributed by atoms with E-state index in [1.807, 2.05) is 30.6 Å². The molecule has 4 rings (SSSR count). The molecule has 102 valence electrons. The third-order valence-corrected chi connectivity index (χ3v) is 3.83. The molecule has 0 saturated heterocycles. The van der Waals surface area contributed by atoms with Crippen molar-refractivity contribution in [2.24, 2.45) is 0 Å². The largest absolute Gasteiger partial charge is 0.326 e. The predicted octanol–water partition coefficient (Wildman–Crippen LogP) is 3.64. The first-order chi connectivity index (χ1) is 10.3. The van der Waals surface area contributed by atoms with Crippen LogP contribution in [0, 0.1) is 0 Å². The molecule has 0 spiro atoms. The average molecular weight is 274 g/mol. The Morgan fingerprint density at radius 3 is 2.38 bits per heavy atom. The van der Waals surface area contributed by atoms with Gasteiger partial charge in [0.05, 0.1) is 6.42 Å². The quantitative estimate of drug-likeness (QED) is 0.760. The molecule has 0 atom stereocenters. The van der Waals surface area contributed by atoms with Gasteiger partial charge in [-0.2, -0.15) is 0 Å². The van der Waals surface area contributed by atoms with Crippen molar-refractivity contribution in [1.29, 1.82) is 0 Å². The molecule has 1 aliphatic heterocycles. The van der Waals surface area contributed by atoms with Gasteiger partial charge in [-0.1, -0.05) is 18.2 Å². The number of fused-ring (bicyclic) bond motifs is 1. The van der Waals surface area contributed by atoms with Crippen molar-refractivity contribution in [3.63, 3.8) is 0 Å². The van der Waals surface area contributed by atoms with Crippen molar-refractivity contribution in [3.8, 4) is 16.8 Å². The van der Waals surface area contributed by atoms with Gasteiger partial charge in [-0.25, -0.2) is 0 Å². The van der Waals surface area contributed by atoms with Gasteiger partial charge >= 0.3 is 0 Å². The van der Waals surface area contributed by atoms with Crippen molar-refractivity contribution in [1.82, 2.24) is 4.57 Å². The zero-order valence-electron chi connectivity index (χ0n) is 11.4. The van der Waals surface area contributed by atoms with Crippen LogP contribution in [0.15, 0.2) is 67.0 Å². The van der Waals surface area contributed by atoms with Crippen LogP contribution in [0.5, 0.6) is 0 Å². The molecule has 0 saturated carbocycles. The number of amides is 1. The van der Waals surface area contributed by atoms with E-state index in [4.69, 9.17) is 0 Å². The van der Waals surface area contributed by atoms with Crippen LogP contribution >= 0.6 is 0 Å². The standard InChI is InChI=1S/C18H14N2O/c21-18-12-15-11-14(5-8-17(15)19-18)13-3-6-16(7-4-13)20-9-1-2-10-20/h1-11H,12H2,(H,19,21). The molecule has 0 radical (unpaired) electrons. The molecule has 3 heteroatoms. The monoisotopic (exact) mass is 274 g/mol. The number of aromatic nitrogens is 1. The minimum atomic E-state index is 0.0742. The molecule has 2 heterocycles. The van der Waals surface area contributed by atoms with Crippen molar-refractivity contribution < 1.29 is 4.79 Å². The molecular weight excluding hydrogens is 260 g/mol. The molecule has 0 aliphatic carbocycles. The highest BCUT2D eigenvalue weighted by atomic mass is 16.1. The SMILES string of the molecule is O=C1Cc2cc(-c3ccc(-n4cccc4)cc3)ccc2N1. The summed E-state index contributed by atoms with van der Waals surface area (Å²) in [5.74, 6) is 0.0742. The van der Waals surface area contributed by atoms with Crippen molar-refractivity contribution in [2.45, 2.75) is 6.42 Å².